The van der Waals surface area contributed by atoms with Crippen LogP contribution in [0.1, 0.15) is 29.5 Å². The Bertz CT molecular complexity index is 857. The van der Waals surface area contributed by atoms with Crippen molar-refractivity contribution < 1.29 is 4.79 Å². The number of rotatable bonds is 7. The molecule has 1 aliphatic rings. The van der Waals surface area contributed by atoms with Gasteiger partial charge in [-0.1, -0.05) is 60.2 Å². The number of hydrogen-bond donors (Lipinski definition) is 1. The van der Waals surface area contributed by atoms with Crippen LogP contribution in [0.25, 0.3) is 0 Å². The molecule has 0 aliphatic carbocycles. The summed E-state index contributed by atoms with van der Waals surface area (Å²) < 4.78 is 0. The molecule has 4 nitrogen and oxygen atoms in total. The van der Waals surface area contributed by atoms with E-state index in [1.807, 2.05) is 11.0 Å². The number of nitrogens with one attached hydrogen (secondary N) is 1. The van der Waals surface area contributed by atoms with E-state index in [1.54, 1.807) is 6.20 Å². The molecule has 3 rings (SSSR count). The van der Waals surface area contributed by atoms with E-state index >= 15 is 0 Å². The Hall–Kier alpha value is -3.06. The van der Waals surface area contributed by atoms with E-state index in [2.05, 4.69) is 66.8 Å². The lowest BCUT2D eigenvalue weighted by Gasteiger charge is -2.32. The van der Waals surface area contributed by atoms with Crippen molar-refractivity contribution in [1.82, 2.24) is 10.2 Å². The quantitative estimate of drug-likeness (QED) is 0.444. The first-order valence-corrected chi connectivity index (χ1v) is 10.4. The van der Waals surface area contributed by atoms with Crippen LogP contribution in [0.2, 0.25) is 0 Å². The highest BCUT2D eigenvalue weighted by molar-refractivity contribution is 5.97. The van der Waals surface area contributed by atoms with Gasteiger partial charge < -0.3 is 10.2 Å². The predicted octanol–water partition coefficient (Wildman–Crippen LogP) is 4.02. The standard InChI is InChI=1S/C25H29N3O/c1-20-7-9-21(10-8-20)11-14-27-19-24(18-26)25(29)28-15-12-23(13-16-28)17-22-5-3-2-4-6-22/h2-10,19,23,27H,11-17H2,1H3/b24-19-. The number of aryl methyl sites for hydroxylation is 1. The molecule has 4 heteroatoms. The van der Waals surface area contributed by atoms with E-state index in [-0.39, 0.29) is 11.5 Å². The molecule has 1 amide bonds. The summed E-state index contributed by atoms with van der Waals surface area (Å²) in [4.78, 5) is 14.5. The Morgan fingerprint density at radius 1 is 1.10 bits per heavy atom. The number of likely N-dealkylation sites (tertiary alicyclic amines) is 1. The second-order valence-corrected chi connectivity index (χ2v) is 7.78. The van der Waals surface area contributed by atoms with Crippen molar-refractivity contribution in [3.05, 3.63) is 83.1 Å². The molecule has 1 fully saturated rings. The highest BCUT2D eigenvalue weighted by Crippen LogP contribution is 2.22. The summed E-state index contributed by atoms with van der Waals surface area (Å²) in [5, 5.41) is 12.5. The molecule has 0 saturated carbocycles. The number of nitriles is 1. The second kappa shape index (κ2) is 10.5. The van der Waals surface area contributed by atoms with Crippen LogP contribution in [0.15, 0.2) is 66.4 Å². The Balaban J connectivity index is 1.45. The second-order valence-electron chi connectivity index (χ2n) is 7.78. The van der Waals surface area contributed by atoms with Gasteiger partial charge in [-0.3, -0.25) is 4.79 Å². The van der Waals surface area contributed by atoms with Gasteiger partial charge in [0.2, 0.25) is 0 Å². The summed E-state index contributed by atoms with van der Waals surface area (Å²) in [6, 6.07) is 21.0. The smallest absolute Gasteiger partial charge is 0.265 e. The molecule has 0 atom stereocenters. The van der Waals surface area contributed by atoms with Crippen LogP contribution in [0.5, 0.6) is 0 Å². The van der Waals surface area contributed by atoms with Crippen LogP contribution in [0.4, 0.5) is 0 Å². The van der Waals surface area contributed by atoms with Crippen molar-refractivity contribution in [3.8, 4) is 6.07 Å². The van der Waals surface area contributed by atoms with Gasteiger partial charge in [0.25, 0.3) is 5.91 Å². The Morgan fingerprint density at radius 2 is 1.79 bits per heavy atom. The molecular weight excluding hydrogens is 358 g/mol. The monoisotopic (exact) mass is 387 g/mol. The van der Waals surface area contributed by atoms with Crippen LogP contribution in [-0.2, 0) is 17.6 Å². The van der Waals surface area contributed by atoms with Crippen LogP contribution in [0.3, 0.4) is 0 Å². The number of piperidine rings is 1. The average Bonchev–Trinajstić information content (AvgIpc) is 2.76. The molecule has 2 aromatic rings. The van der Waals surface area contributed by atoms with Crippen LogP contribution < -0.4 is 5.32 Å². The normalized spacial score (nSPS) is 15.0. The minimum absolute atomic E-state index is 0.159. The fourth-order valence-electron chi connectivity index (χ4n) is 3.75. The molecule has 2 aromatic carbocycles. The minimum atomic E-state index is -0.159. The minimum Gasteiger partial charge on any atom is -0.389 e. The maximum absolute atomic E-state index is 12.7. The van der Waals surface area contributed by atoms with E-state index in [9.17, 15) is 10.1 Å². The Labute approximate surface area is 173 Å². The third kappa shape index (κ3) is 6.22. The zero-order valence-electron chi connectivity index (χ0n) is 17.1. The fourth-order valence-corrected chi connectivity index (χ4v) is 3.75. The average molecular weight is 388 g/mol. The third-order valence-electron chi connectivity index (χ3n) is 5.54. The van der Waals surface area contributed by atoms with Crippen molar-refractivity contribution in [3.63, 3.8) is 0 Å². The van der Waals surface area contributed by atoms with Crippen molar-refractivity contribution in [1.29, 1.82) is 5.26 Å². The summed E-state index contributed by atoms with van der Waals surface area (Å²) in [6.07, 6.45) is 5.46. The van der Waals surface area contributed by atoms with Crippen LogP contribution >= 0.6 is 0 Å². The summed E-state index contributed by atoms with van der Waals surface area (Å²) in [5.74, 6) is 0.442. The fraction of sp³-hybridized carbons (Fsp3) is 0.360. The lowest BCUT2D eigenvalue weighted by Crippen LogP contribution is -2.39. The maximum Gasteiger partial charge on any atom is 0.265 e. The number of carbonyl (C=O) groups is 1. The lowest BCUT2D eigenvalue weighted by atomic mass is 9.90. The zero-order valence-corrected chi connectivity index (χ0v) is 17.1. The van der Waals surface area contributed by atoms with E-state index in [4.69, 9.17) is 0 Å². The molecule has 29 heavy (non-hydrogen) atoms. The van der Waals surface area contributed by atoms with E-state index in [0.29, 0.717) is 12.5 Å². The summed E-state index contributed by atoms with van der Waals surface area (Å²) in [7, 11) is 0. The van der Waals surface area contributed by atoms with Gasteiger partial charge in [0.15, 0.2) is 0 Å². The molecule has 1 N–H and O–H groups in total. The zero-order chi connectivity index (χ0) is 20.5. The van der Waals surface area contributed by atoms with Gasteiger partial charge in [0.1, 0.15) is 11.6 Å². The highest BCUT2D eigenvalue weighted by Gasteiger charge is 2.25. The molecular formula is C25H29N3O. The molecule has 1 saturated heterocycles. The number of carbonyl (C=O) groups excluding carboxylic acids is 1. The lowest BCUT2D eigenvalue weighted by molar-refractivity contribution is -0.128. The molecule has 150 valence electrons. The van der Waals surface area contributed by atoms with E-state index < -0.39 is 0 Å². The summed E-state index contributed by atoms with van der Waals surface area (Å²) in [6.45, 7) is 4.21. The van der Waals surface area contributed by atoms with Crippen molar-refractivity contribution in [2.75, 3.05) is 19.6 Å². The first-order valence-electron chi connectivity index (χ1n) is 10.4. The maximum atomic E-state index is 12.7. The van der Waals surface area contributed by atoms with E-state index in [0.717, 1.165) is 38.8 Å². The summed E-state index contributed by atoms with van der Waals surface area (Å²) >= 11 is 0. The first-order chi connectivity index (χ1) is 14.2. The van der Waals surface area contributed by atoms with Gasteiger partial charge in [0, 0.05) is 25.8 Å². The SMILES string of the molecule is Cc1ccc(CCN/C=C(/C#N)C(=O)N2CCC(Cc3ccccc3)CC2)cc1. The van der Waals surface area contributed by atoms with Gasteiger partial charge >= 0.3 is 0 Å². The Kier molecular flexibility index (Phi) is 7.47. The molecule has 1 aliphatic heterocycles. The van der Waals surface area contributed by atoms with Gasteiger partial charge in [-0.2, -0.15) is 5.26 Å². The van der Waals surface area contributed by atoms with E-state index in [1.165, 1.54) is 16.7 Å². The van der Waals surface area contributed by atoms with Crippen LogP contribution in [0, 0.1) is 24.2 Å². The highest BCUT2D eigenvalue weighted by atomic mass is 16.2. The van der Waals surface area contributed by atoms with Crippen LogP contribution in [-0.4, -0.2) is 30.4 Å². The largest absolute Gasteiger partial charge is 0.389 e. The topological polar surface area (TPSA) is 56.1 Å². The number of benzene rings is 2. The van der Waals surface area contributed by atoms with Crippen molar-refractivity contribution in [2.24, 2.45) is 5.92 Å². The van der Waals surface area contributed by atoms with Gasteiger partial charge in [0.05, 0.1) is 0 Å². The molecule has 0 unspecified atom stereocenters. The number of hydrogen-bond acceptors (Lipinski definition) is 3. The number of amides is 1. The molecule has 0 bridgehead atoms. The van der Waals surface area contributed by atoms with Gasteiger partial charge in [-0.15, -0.1) is 0 Å². The molecule has 0 spiro atoms. The van der Waals surface area contributed by atoms with Gasteiger partial charge in [-0.05, 0) is 49.7 Å². The van der Waals surface area contributed by atoms with Crippen molar-refractivity contribution in [2.45, 2.75) is 32.6 Å². The molecule has 0 radical (unpaired) electrons. The molecule has 1 heterocycles. The van der Waals surface area contributed by atoms with Crippen molar-refractivity contribution >= 4 is 5.91 Å². The first kappa shape index (κ1) is 20.7. The molecule has 0 aromatic heterocycles. The van der Waals surface area contributed by atoms with Gasteiger partial charge in [-0.25, -0.2) is 0 Å². The number of nitrogens with zero attached hydrogens (tertiary/aromatic N) is 2. The summed E-state index contributed by atoms with van der Waals surface area (Å²) in [5.41, 5.74) is 4.02. The predicted molar refractivity (Wildman–Crippen MR) is 116 cm³/mol. The Morgan fingerprint density at radius 3 is 2.45 bits per heavy atom. The third-order valence-corrected chi connectivity index (χ3v) is 5.54.